The molecular formula is C15H19Br2NO. The van der Waals surface area contributed by atoms with Crippen LogP contribution in [0.15, 0.2) is 22.7 Å². The van der Waals surface area contributed by atoms with E-state index >= 15 is 0 Å². The molecule has 1 fully saturated rings. The van der Waals surface area contributed by atoms with Crippen molar-refractivity contribution in [2.75, 3.05) is 13.1 Å². The number of carbonyl (C=O) groups is 1. The molecule has 1 amide bonds. The smallest absolute Gasteiger partial charge is 0.255 e. The van der Waals surface area contributed by atoms with Crippen molar-refractivity contribution in [3.63, 3.8) is 0 Å². The first-order valence-corrected chi connectivity index (χ1v) is 8.40. The van der Waals surface area contributed by atoms with Crippen LogP contribution in [0.25, 0.3) is 0 Å². The molecular weight excluding hydrogens is 370 g/mol. The van der Waals surface area contributed by atoms with Crippen molar-refractivity contribution in [3.05, 3.63) is 33.8 Å². The van der Waals surface area contributed by atoms with Crippen molar-refractivity contribution >= 4 is 37.8 Å². The zero-order chi connectivity index (χ0) is 14.0. The molecule has 0 spiro atoms. The summed E-state index contributed by atoms with van der Waals surface area (Å²) in [5.74, 6) is 0.834. The van der Waals surface area contributed by atoms with Crippen LogP contribution in [-0.4, -0.2) is 28.7 Å². The lowest BCUT2D eigenvalue weighted by molar-refractivity contribution is 0.0690. The molecule has 1 aliphatic heterocycles. The highest BCUT2D eigenvalue weighted by Crippen LogP contribution is 2.28. The van der Waals surface area contributed by atoms with Gasteiger partial charge in [0.25, 0.3) is 5.91 Å². The van der Waals surface area contributed by atoms with E-state index in [1.165, 1.54) is 0 Å². The molecule has 0 bridgehead atoms. The highest BCUT2D eigenvalue weighted by Gasteiger charge is 2.26. The van der Waals surface area contributed by atoms with Crippen LogP contribution in [0, 0.1) is 12.8 Å². The van der Waals surface area contributed by atoms with Gasteiger partial charge in [0.2, 0.25) is 0 Å². The summed E-state index contributed by atoms with van der Waals surface area (Å²) in [6, 6.07) is 5.86. The number of likely N-dealkylation sites (tertiary alicyclic amines) is 1. The van der Waals surface area contributed by atoms with Gasteiger partial charge in [0.15, 0.2) is 0 Å². The Morgan fingerprint density at radius 1 is 1.37 bits per heavy atom. The van der Waals surface area contributed by atoms with Gasteiger partial charge in [-0.25, -0.2) is 0 Å². The number of hydrogen-bond donors (Lipinski definition) is 0. The number of hydrogen-bond acceptors (Lipinski definition) is 1. The minimum atomic E-state index is 0.149. The van der Waals surface area contributed by atoms with Gasteiger partial charge in [-0.15, -0.1) is 0 Å². The highest BCUT2D eigenvalue weighted by molar-refractivity contribution is 9.10. The van der Waals surface area contributed by atoms with E-state index in [1.807, 2.05) is 30.0 Å². The Kier molecular flexibility index (Phi) is 5.07. The van der Waals surface area contributed by atoms with Gasteiger partial charge in [0, 0.05) is 22.4 Å². The predicted octanol–water partition coefficient (Wildman–Crippen LogP) is 4.39. The fraction of sp³-hybridized carbons (Fsp3) is 0.533. The van der Waals surface area contributed by atoms with E-state index in [4.69, 9.17) is 0 Å². The Labute approximate surface area is 131 Å². The SMILES string of the molecule is Cc1cccc(C(=O)N2CCC(C(C)Br)CC2)c1Br. The summed E-state index contributed by atoms with van der Waals surface area (Å²) in [7, 11) is 0. The number of amides is 1. The lowest BCUT2D eigenvalue weighted by Gasteiger charge is -2.33. The third kappa shape index (κ3) is 3.40. The minimum Gasteiger partial charge on any atom is -0.339 e. The quantitative estimate of drug-likeness (QED) is 0.688. The Morgan fingerprint density at radius 2 is 2.00 bits per heavy atom. The second-order valence-corrected chi connectivity index (χ2v) is 7.48. The van der Waals surface area contributed by atoms with E-state index in [0.29, 0.717) is 10.7 Å². The number of rotatable bonds is 2. The van der Waals surface area contributed by atoms with Crippen LogP contribution in [0.2, 0.25) is 0 Å². The topological polar surface area (TPSA) is 20.3 Å². The summed E-state index contributed by atoms with van der Waals surface area (Å²) >= 11 is 7.18. The summed E-state index contributed by atoms with van der Waals surface area (Å²) in [5, 5.41) is 0. The number of benzene rings is 1. The molecule has 0 saturated carbocycles. The Morgan fingerprint density at radius 3 is 2.58 bits per heavy atom. The summed E-state index contributed by atoms with van der Waals surface area (Å²) in [6.07, 6.45) is 2.17. The first-order valence-electron chi connectivity index (χ1n) is 6.69. The number of halogens is 2. The molecule has 19 heavy (non-hydrogen) atoms. The van der Waals surface area contributed by atoms with Crippen molar-refractivity contribution in [1.82, 2.24) is 4.90 Å². The Balaban J connectivity index is 2.07. The van der Waals surface area contributed by atoms with Gasteiger partial charge >= 0.3 is 0 Å². The van der Waals surface area contributed by atoms with Crippen LogP contribution in [0.3, 0.4) is 0 Å². The van der Waals surface area contributed by atoms with E-state index in [1.54, 1.807) is 0 Å². The number of piperidine rings is 1. The van der Waals surface area contributed by atoms with Crippen LogP contribution in [0.1, 0.15) is 35.7 Å². The molecule has 0 radical (unpaired) electrons. The monoisotopic (exact) mass is 387 g/mol. The molecule has 1 aromatic rings. The van der Waals surface area contributed by atoms with Gasteiger partial charge < -0.3 is 4.90 Å². The van der Waals surface area contributed by atoms with Crippen LogP contribution in [-0.2, 0) is 0 Å². The molecule has 1 saturated heterocycles. The van der Waals surface area contributed by atoms with Gasteiger partial charge in [0.05, 0.1) is 5.56 Å². The first kappa shape index (κ1) is 15.0. The maximum Gasteiger partial charge on any atom is 0.255 e. The van der Waals surface area contributed by atoms with E-state index in [0.717, 1.165) is 41.5 Å². The van der Waals surface area contributed by atoms with Crippen LogP contribution >= 0.6 is 31.9 Å². The average molecular weight is 389 g/mol. The molecule has 1 unspecified atom stereocenters. The maximum absolute atomic E-state index is 12.5. The fourth-order valence-corrected chi connectivity index (χ4v) is 3.51. The Hall–Kier alpha value is -0.350. The summed E-state index contributed by atoms with van der Waals surface area (Å²) in [4.78, 5) is 15.0. The Bertz CT molecular complexity index is 465. The summed E-state index contributed by atoms with van der Waals surface area (Å²) in [6.45, 7) is 5.93. The second kappa shape index (κ2) is 6.40. The standard InChI is InChI=1S/C15H19Br2NO/c1-10-4-3-5-13(14(10)17)15(19)18-8-6-12(7-9-18)11(2)16/h3-5,11-12H,6-9H2,1-2H3. The molecule has 1 aliphatic rings. The van der Waals surface area contributed by atoms with Crippen LogP contribution in [0.5, 0.6) is 0 Å². The number of alkyl halides is 1. The molecule has 2 nitrogen and oxygen atoms in total. The number of carbonyl (C=O) groups excluding carboxylic acids is 1. The molecule has 4 heteroatoms. The molecule has 104 valence electrons. The van der Waals surface area contributed by atoms with Crippen LogP contribution in [0.4, 0.5) is 0 Å². The first-order chi connectivity index (χ1) is 9.00. The largest absolute Gasteiger partial charge is 0.339 e. The van der Waals surface area contributed by atoms with Crippen LogP contribution < -0.4 is 0 Å². The van der Waals surface area contributed by atoms with E-state index < -0.39 is 0 Å². The van der Waals surface area contributed by atoms with Gasteiger partial charge in [-0.05, 0) is 53.2 Å². The molecule has 0 aromatic heterocycles. The third-order valence-electron chi connectivity index (χ3n) is 3.90. The molecule has 1 heterocycles. The van der Waals surface area contributed by atoms with Crippen molar-refractivity contribution < 1.29 is 4.79 Å². The maximum atomic E-state index is 12.5. The van der Waals surface area contributed by atoms with Gasteiger partial charge in [-0.1, -0.05) is 35.0 Å². The molecule has 0 N–H and O–H groups in total. The summed E-state index contributed by atoms with van der Waals surface area (Å²) in [5.41, 5.74) is 1.89. The molecule has 0 aliphatic carbocycles. The molecule has 2 rings (SSSR count). The van der Waals surface area contributed by atoms with Gasteiger partial charge in [0.1, 0.15) is 0 Å². The highest BCUT2D eigenvalue weighted by atomic mass is 79.9. The lowest BCUT2D eigenvalue weighted by Crippen LogP contribution is -2.40. The van der Waals surface area contributed by atoms with Crippen molar-refractivity contribution in [2.45, 2.75) is 31.5 Å². The van der Waals surface area contributed by atoms with Gasteiger partial charge in [-0.2, -0.15) is 0 Å². The summed E-state index contributed by atoms with van der Waals surface area (Å²) < 4.78 is 0.927. The normalized spacial score (nSPS) is 18.4. The van der Waals surface area contributed by atoms with E-state index in [2.05, 4.69) is 38.8 Å². The number of nitrogens with zero attached hydrogens (tertiary/aromatic N) is 1. The fourth-order valence-electron chi connectivity index (χ4n) is 2.54. The molecule has 1 atom stereocenters. The predicted molar refractivity (Wildman–Crippen MR) is 85.9 cm³/mol. The van der Waals surface area contributed by atoms with Crippen molar-refractivity contribution in [3.8, 4) is 0 Å². The van der Waals surface area contributed by atoms with Crippen molar-refractivity contribution in [1.29, 1.82) is 0 Å². The lowest BCUT2D eigenvalue weighted by atomic mass is 9.94. The van der Waals surface area contributed by atoms with Gasteiger partial charge in [-0.3, -0.25) is 4.79 Å². The minimum absolute atomic E-state index is 0.149. The van der Waals surface area contributed by atoms with E-state index in [9.17, 15) is 4.79 Å². The van der Waals surface area contributed by atoms with E-state index in [-0.39, 0.29) is 5.91 Å². The zero-order valence-electron chi connectivity index (χ0n) is 11.3. The molecule has 1 aromatic carbocycles. The average Bonchev–Trinajstić information content (AvgIpc) is 2.41. The van der Waals surface area contributed by atoms with Crippen molar-refractivity contribution in [2.24, 2.45) is 5.92 Å². The third-order valence-corrected chi connectivity index (χ3v) is 5.70. The number of aryl methyl sites for hydroxylation is 1. The zero-order valence-corrected chi connectivity index (χ0v) is 14.5. The second-order valence-electron chi connectivity index (χ2n) is 5.24.